The van der Waals surface area contributed by atoms with Crippen molar-refractivity contribution in [1.82, 2.24) is 9.03 Å². The van der Waals surface area contributed by atoms with E-state index in [-0.39, 0.29) is 15.4 Å². The Hall–Kier alpha value is -2.76. The minimum Gasteiger partial charge on any atom is -0.322 e. The van der Waals surface area contributed by atoms with E-state index in [2.05, 4.69) is 5.32 Å². The van der Waals surface area contributed by atoms with E-state index in [9.17, 15) is 26.4 Å². The second-order valence-electron chi connectivity index (χ2n) is 5.95. The van der Waals surface area contributed by atoms with E-state index in [1.807, 2.05) is 4.72 Å². The first-order valence-corrected chi connectivity index (χ1v) is 10.8. The first kappa shape index (κ1) is 21.5. The maximum absolute atomic E-state index is 12.3. The fraction of sp³-hybridized carbons (Fsp3) is 0.176. The molecular weight excluding hydrogens is 406 g/mol. The van der Waals surface area contributed by atoms with E-state index < -0.39 is 31.9 Å². The van der Waals surface area contributed by atoms with Crippen LogP contribution in [-0.2, 0) is 24.8 Å². The zero-order chi connectivity index (χ0) is 21.1. The van der Waals surface area contributed by atoms with Crippen molar-refractivity contribution in [1.29, 1.82) is 0 Å². The Morgan fingerprint density at radius 1 is 0.821 bits per heavy atom. The molecule has 11 heteroatoms. The second-order valence-corrected chi connectivity index (χ2v) is 9.79. The Morgan fingerprint density at radius 2 is 1.32 bits per heavy atom. The summed E-state index contributed by atoms with van der Waals surface area (Å²) in [5.74, 6) is -1.21. The number of carbonyl (C=O) groups is 2. The number of hydrogen-bond acceptors (Lipinski definition) is 6. The van der Waals surface area contributed by atoms with E-state index in [4.69, 9.17) is 0 Å². The van der Waals surface area contributed by atoms with E-state index in [0.717, 1.165) is 11.2 Å². The minimum absolute atomic E-state index is 0.0570. The molecule has 0 saturated carbocycles. The Balaban J connectivity index is 2.14. The van der Waals surface area contributed by atoms with Gasteiger partial charge < -0.3 is 5.32 Å². The van der Waals surface area contributed by atoms with E-state index in [1.54, 1.807) is 0 Å². The number of carbonyl (C=O) groups excluding carboxylic acids is 2. The Morgan fingerprint density at radius 3 is 1.79 bits per heavy atom. The average molecular weight is 425 g/mol. The third-order valence-corrected chi connectivity index (χ3v) is 6.87. The molecule has 0 unspecified atom stereocenters. The molecule has 2 N–H and O–H groups in total. The van der Waals surface area contributed by atoms with Gasteiger partial charge in [0.15, 0.2) is 0 Å². The summed E-state index contributed by atoms with van der Waals surface area (Å²) >= 11 is 0. The summed E-state index contributed by atoms with van der Waals surface area (Å²) in [6, 6.07) is 10.6. The van der Waals surface area contributed by atoms with Crippen LogP contribution in [0.15, 0.2) is 58.3 Å². The molecule has 0 radical (unpaired) electrons. The predicted octanol–water partition coefficient (Wildman–Crippen LogP) is 1.01. The van der Waals surface area contributed by atoms with Crippen LogP contribution < -0.4 is 10.0 Å². The van der Waals surface area contributed by atoms with Gasteiger partial charge in [-0.15, -0.1) is 0 Å². The molecule has 0 spiro atoms. The largest absolute Gasteiger partial charge is 0.322 e. The van der Waals surface area contributed by atoms with Crippen molar-refractivity contribution in [2.24, 2.45) is 0 Å². The fourth-order valence-electron chi connectivity index (χ4n) is 2.16. The van der Waals surface area contributed by atoms with Crippen molar-refractivity contribution < 1.29 is 26.4 Å². The number of nitrogens with one attached hydrogen (secondary N) is 2. The van der Waals surface area contributed by atoms with E-state index in [1.165, 1.54) is 62.6 Å². The molecule has 9 nitrogen and oxygen atoms in total. The molecule has 150 valence electrons. The second kappa shape index (κ2) is 8.09. The third kappa shape index (κ3) is 4.94. The average Bonchev–Trinajstić information content (AvgIpc) is 2.61. The van der Waals surface area contributed by atoms with Crippen LogP contribution in [0.3, 0.4) is 0 Å². The van der Waals surface area contributed by atoms with Gasteiger partial charge in [-0.1, -0.05) is 0 Å². The number of benzene rings is 2. The first-order valence-electron chi connectivity index (χ1n) is 7.91. The number of anilines is 1. The molecule has 0 aliphatic rings. The van der Waals surface area contributed by atoms with Crippen LogP contribution in [0.2, 0.25) is 0 Å². The van der Waals surface area contributed by atoms with Gasteiger partial charge >= 0.3 is 0 Å². The molecule has 28 heavy (non-hydrogen) atoms. The monoisotopic (exact) mass is 425 g/mol. The Kier molecular flexibility index (Phi) is 6.22. The standard InChI is InChI=1S/C17H19N3O6S2/c1-12(21)19-27(23,24)15-10-6-14(7-11-15)18-17(22)13-4-8-16(9-5-13)28(25,26)20(2)3/h4-11H,1-3H3,(H,18,22)(H,19,21). The predicted molar refractivity (Wildman–Crippen MR) is 103 cm³/mol. The normalized spacial score (nSPS) is 11.9. The lowest BCUT2D eigenvalue weighted by Gasteiger charge is -2.12. The van der Waals surface area contributed by atoms with Crippen LogP contribution >= 0.6 is 0 Å². The highest BCUT2D eigenvalue weighted by atomic mass is 32.2. The number of amides is 2. The molecule has 0 fully saturated rings. The summed E-state index contributed by atoms with van der Waals surface area (Å²) in [4.78, 5) is 23.2. The van der Waals surface area contributed by atoms with Crippen molar-refractivity contribution in [3.8, 4) is 0 Å². The quantitative estimate of drug-likeness (QED) is 0.711. The lowest BCUT2D eigenvalue weighted by Crippen LogP contribution is -2.28. The zero-order valence-corrected chi connectivity index (χ0v) is 17.0. The molecule has 2 aromatic carbocycles. The maximum Gasteiger partial charge on any atom is 0.264 e. The van der Waals surface area contributed by atoms with Crippen molar-refractivity contribution in [2.75, 3.05) is 19.4 Å². The van der Waals surface area contributed by atoms with Crippen LogP contribution in [0.25, 0.3) is 0 Å². The van der Waals surface area contributed by atoms with Gasteiger partial charge in [0, 0.05) is 32.3 Å². The van der Waals surface area contributed by atoms with Gasteiger partial charge in [0.1, 0.15) is 0 Å². The molecule has 2 aromatic rings. The van der Waals surface area contributed by atoms with Gasteiger partial charge in [-0.05, 0) is 48.5 Å². The summed E-state index contributed by atoms with van der Waals surface area (Å²) < 4.78 is 50.7. The Bertz CT molecular complexity index is 1090. The maximum atomic E-state index is 12.3. The third-order valence-electron chi connectivity index (χ3n) is 3.60. The molecule has 0 aliphatic carbocycles. The van der Waals surface area contributed by atoms with E-state index in [0.29, 0.717) is 5.69 Å². The van der Waals surface area contributed by atoms with Crippen LogP contribution in [0.5, 0.6) is 0 Å². The number of rotatable bonds is 6. The van der Waals surface area contributed by atoms with Crippen LogP contribution in [0.4, 0.5) is 5.69 Å². The molecule has 2 amide bonds. The van der Waals surface area contributed by atoms with Crippen molar-refractivity contribution in [3.63, 3.8) is 0 Å². The van der Waals surface area contributed by atoms with Gasteiger partial charge in [0.05, 0.1) is 9.79 Å². The van der Waals surface area contributed by atoms with E-state index >= 15 is 0 Å². The number of hydrogen-bond donors (Lipinski definition) is 2. The van der Waals surface area contributed by atoms with Gasteiger partial charge in [0.2, 0.25) is 15.9 Å². The molecular formula is C17H19N3O6S2. The SMILES string of the molecule is CC(=O)NS(=O)(=O)c1ccc(NC(=O)c2ccc(S(=O)(=O)N(C)C)cc2)cc1. The molecule has 0 bridgehead atoms. The topological polar surface area (TPSA) is 130 Å². The molecule has 0 saturated heterocycles. The number of sulfonamides is 2. The number of nitrogens with zero attached hydrogens (tertiary/aromatic N) is 1. The van der Waals surface area contributed by atoms with Crippen LogP contribution in [0, 0.1) is 0 Å². The molecule has 0 aromatic heterocycles. The molecule has 2 rings (SSSR count). The summed E-state index contributed by atoms with van der Waals surface area (Å²) in [5.41, 5.74) is 0.560. The zero-order valence-electron chi connectivity index (χ0n) is 15.3. The van der Waals surface area contributed by atoms with Crippen molar-refractivity contribution >= 4 is 37.5 Å². The summed E-state index contributed by atoms with van der Waals surface area (Å²) in [6.07, 6.45) is 0. The highest BCUT2D eigenvalue weighted by Crippen LogP contribution is 2.17. The smallest absolute Gasteiger partial charge is 0.264 e. The highest BCUT2D eigenvalue weighted by Gasteiger charge is 2.18. The minimum atomic E-state index is -3.96. The lowest BCUT2D eigenvalue weighted by atomic mass is 10.2. The molecule has 0 atom stereocenters. The van der Waals surface area contributed by atoms with Gasteiger partial charge in [-0.2, -0.15) is 0 Å². The van der Waals surface area contributed by atoms with Crippen molar-refractivity contribution in [3.05, 3.63) is 54.1 Å². The summed E-state index contributed by atoms with van der Waals surface area (Å²) in [5, 5.41) is 2.58. The summed E-state index contributed by atoms with van der Waals surface area (Å²) in [7, 11) is -4.73. The van der Waals surface area contributed by atoms with Gasteiger partial charge in [-0.25, -0.2) is 25.9 Å². The fourth-order valence-corrected chi connectivity index (χ4v) is 4.05. The van der Waals surface area contributed by atoms with Crippen molar-refractivity contribution in [2.45, 2.75) is 16.7 Å². The highest BCUT2D eigenvalue weighted by molar-refractivity contribution is 7.90. The molecule has 0 heterocycles. The summed E-state index contributed by atoms with van der Waals surface area (Å²) in [6.45, 7) is 1.08. The van der Waals surface area contributed by atoms with Gasteiger partial charge in [0.25, 0.3) is 15.9 Å². The molecule has 0 aliphatic heterocycles. The van der Waals surface area contributed by atoms with Crippen LogP contribution in [-0.4, -0.2) is 47.1 Å². The Labute approximate surface area is 163 Å². The van der Waals surface area contributed by atoms with Gasteiger partial charge in [-0.3, -0.25) is 9.59 Å². The lowest BCUT2D eigenvalue weighted by molar-refractivity contribution is -0.117. The van der Waals surface area contributed by atoms with Crippen LogP contribution in [0.1, 0.15) is 17.3 Å². The first-order chi connectivity index (χ1) is 12.9.